The van der Waals surface area contributed by atoms with Crippen LogP contribution in [0.1, 0.15) is 18.3 Å². The van der Waals surface area contributed by atoms with Crippen molar-refractivity contribution in [2.75, 3.05) is 11.4 Å². The second-order valence-corrected chi connectivity index (χ2v) is 6.48. The molecule has 1 N–H and O–H groups in total. The van der Waals surface area contributed by atoms with E-state index in [2.05, 4.69) is 4.98 Å². The van der Waals surface area contributed by atoms with Crippen LogP contribution in [0, 0.1) is 6.92 Å². The molecule has 0 spiro atoms. The third-order valence-corrected chi connectivity index (χ3v) is 4.53. The van der Waals surface area contributed by atoms with Gasteiger partial charge in [-0.15, -0.1) is 11.3 Å². The number of aromatic nitrogens is 2. The minimum atomic E-state index is -0.469. The normalized spacial score (nSPS) is 12.5. The third-order valence-electron chi connectivity index (χ3n) is 3.59. The molecule has 0 bridgehead atoms. The maximum absolute atomic E-state index is 12.3. The van der Waals surface area contributed by atoms with Gasteiger partial charge in [0.1, 0.15) is 0 Å². The summed E-state index contributed by atoms with van der Waals surface area (Å²) in [6.45, 7) is 4.62. The van der Waals surface area contributed by atoms with Gasteiger partial charge in [-0.2, -0.15) is 0 Å². The molecule has 0 fully saturated rings. The topological polar surface area (TPSA) is 57.8 Å². The van der Waals surface area contributed by atoms with Crippen molar-refractivity contribution in [1.29, 1.82) is 0 Å². The molecule has 3 rings (SSSR count). The highest BCUT2D eigenvalue weighted by atomic mass is 32.1. The smallest absolute Gasteiger partial charge is 0.259 e. The largest absolute Gasteiger partial charge is 0.392 e. The molecule has 6 heteroatoms. The summed E-state index contributed by atoms with van der Waals surface area (Å²) in [4.78, 5) is 19.6. The quantitative estimate of drug-likeness (QED) is 0.781. The lowest BCUT2D eigenvalue weighted by molar-refractivity contribution is 0.199. The molecule has 0 saturated heterocycles. The first-order valence-corrected chi connectivity index (χ1v) is 8.37. The van der Waals surface area contributed by atoms with Crippen molar-refractivity contribution in [3.8, 4) is 0 Å². The maximum Gasteiger partial charge on any atom is 0.259 e. The molecule has 0 aliphatic carbocycles. The predicted molar refractivity (Wildman–Crippen MR) is 93.2 cm³/mol. The van der Waals surface area contributed by atoms with Gasteiger partial charge in [-0.05, 0) is 26.0 Å². The number of fused-ring (bicyclic) bond motifs is 1. The van der Waals surface area contributed by atoms with Crippen molar-refractivity contribution in [3.05, 3.63) is 63.5 Å². The summed E-state index contributed by atoms with van der Waals surface area (Å²) in [6.07, 6.45) is -0.469. The van der Waals surface area contributed by atoms with Crippen LogP contribution < -0.4 is 10.5 Å². The first kappa shape index (κ1) is 15.7. The van der Waals surface area contributed by atoms with Gasteiger partial charge in [0.05, 0.1) is 18.3 Å². The number of aryl methyl sites for hydroxylation is 1. The van der Waals surface area contributed by atoms with Gasteiger partial charge >= 0.3 is 0 Å². The Morgan fingerprint density at radius 1 is 1.35 bits per heavy atom. The lowest BCUT2D eigenvalue weighted by atomic mass is 10.2. The molecule has 0 amide bonds. The van der Waals surface area contributed by atoms with E-state index in [1.807, 2.05) is 47.5 Å². The second-order valence-electron chi connectivity index (χ2n) is 5.65. The van der Waals surface area contributed by atoms with Crippen molar-refractivity contribution in [2.45, 2.75) is 26.5 Å². The summed E-state index contributed by atoms with van der Waals surface area (Å²) in [7, 11) is 0. The van der Waals surface area contributed by atoms with Crippen molar-refractivity contribution < 1.29 is 5.11 Å². The molecular formula is C17H19N3O2S. The molecule has 120 valence electrons. The molecule has 2 heterocycles. The molecule has 0 unspecified atom stereocenters. The minimum absolute atomic E-state index is 0.0613. The summed E-state index contributed by atoms with van der Waals surface area (Å²) in [6, 6.07) is 11.4. The van der Waals surface area contributed by atoms with E-state index in [-0.39, 0.29) is 5.56 Å². The maximum atomic E-state index is 12.3. The van der Waals surface area contributed by atoms with E-state index in [9.17, 15) is 9.90 Å². The lowest BCUT2D eigenvalue weighted by Gasteiger charge is -2.25. The first-order valence-electron chi connectivity index (χ1n) is 7.49. The van der Waals surface area contributed by atoms with Crippen LogP contribution in [0.15, 0.2) is 46.6 Å². The molecule has 23 heavy (non-hydrogen) atoms. The molecule has 2 aromatic heterocycles. The molecule has 1 aromatic carbocycles. The molecule has 5 nitrogen and oxygen atoms in total. The number of nitrogens with zero attached hydrogens (tertiary/aromatic N) is 3. The van der Waals surface area contributed by atoms with E-state index in [0.717, 1.165) is 11.4 Å². The molecule has 0 saturated carbocycles. The molecule has 0 radical (unpaired) electrons. The highest BCUT2D eigenvalue weighted by Gasteiger charge is 2.13. The fourth-order valence-corrected chi connectivity index (χ4v) is 3.49. The van der Waals surface area contributed by atoms with Crippen LogP contribution in [0.2, 0.25) is 0 Å². The zero-order valence-corrected chi connectivity index (χ0v) is 14.0. The summed E-state index contributed by atoms with van der Waals surface area (Å²) in [5, 5.41) is 11.7. The van der Waals surface area contributed by atoms with Crippen molar-refractivity contribution in [1.82, 2.24) is 9.38 Å². The predicted octanol–water partition coefficient (Wildman–Crippen LogP) is 2.45. The molecule has 0 aliphatic rings. The number of thiazole rings is 1. The lowest BCUT2D eigenvalue weighted by Crippen LogP contribution is -2.31. The van der Waals surface area contributed by atoms with Crippen LogP contribution in [0.3, 0.4) is 0 Å². The third kappa shape index (κ3) is 3.43. The summed E-state index contributed by atoms with van der Waals surface area (Å²) in [5.41, 5.74) is 2.55. The number of anilines is 1. The van der Waals surface area contributed by atoms with Crippen LogP contribution >= 0.6 is 11.3 Å². The van der Waals surface area contributed by atoms with E-state index < -0.39 is 6.10 Å². The molecule has 0 aliphatic heterocycles. The van der Waals surface area contributed by atoms with Crippen LogP contribution in [-0.2, 0) is 6.54 Å². The summed E-state index contributed by atoms with van der Waals surface area (Å²) >= 11 is 1.46. The van der Waals surface area contributed by atoms with Gasteiger partial charge in [-0.3, -0.25) is 9.20 Å². The average Bonchev–Trinajstić information content (AvgIpc) is 2.89. The Balaban J connectivity index is 1.95. The van der Waals surface area contributed by atoms with Crippen LogP contribution in [0.5, 0.6) is 0 Å². The monoisotopic (exact) mass is 329 g/mol. The minimum Gasteiger partial charge on any atom is -0.392 e. The van der Waals surface area contributed by atoms with Crippen LogP contribution in [0.25, 0.3) is 4.96 Å². The Morgan fingerprint density at radius 2 is 2.09 bits per heavy atom. The van der Waals surface area contributed by atoms with Gasteiger partial charge in [0, 0.05) is 29.4 Å². The molecular weight excluding hydrogens is 310 g/mol. The van der Waals surface area contributed by atoms with E-state index in [0.29, 0.717) is 23.7 Å². The highest BCUT2D eigenvalue weighted by Crippen LogP contribution is 2.17. The van der Waals surface area contributed by atoms with Crippen molar-refractivity contribution >= 4 is 22.0 Å². The average molecular weight is 329 g/mol. The standard InChI is InChI=1S/C17H19N3O2S/c1-12-11-23-17-18-14(8-16(22)20(12)17)10-19(9-13(2)21)15-6-4-3-5-7-15/h3-8,11,13,21H,9-10H2,1-2H3/t13-/m1/s1. The number of para-hydroxylation sites is 1. The van der Waals surface area contributed by atoms with Gasteiger partial charge < -0.3 is 10.0 Å². The second kappa shape index (κ2) is 6.52. The van der Waals surface area contributed by atoms with E-state index in [4.69, 9.17) is 0 Å². The SMILES string of the molecule is Cc1csc2nc(CN(C[C@@H](C)O)c3ccccc3)cc(=O)n12. The number of aliphatic hydroxyl groups excluding tert-OH is 1. The first-order chi connectivity index (χ1) is 11.0. The Labute approximate surface area is 138 Å². The van der Waals surface area contributed by atoms with Crippen molar-refractivity contribution in [3.63, 3.8) is 0 Å². The summed E-state index contributed by atoms with van der Waals surface area (Å²) < 4.78 is 1.62. The highest BCUT2D eigenvalue weighted by molar-refractivity contribution is 7.15. The number of hydrogen-bond acceptors (Lipinski definition) is 5. The Kier molecular flexibility index (Phi) is 4.45. The Morgan fingerprint density at radius 3 is 2.78 bits per heavy atom. The van der Waals surface area contributed by atoms with Crippen molar-refractivity contribution in [2.24, 2.45) is 0 Å². The fraction of sp³-hybridized carbons (Fsp3) is 0.294. The number of benzene rings is 1. The Bertz CT molecular complexity index is 855. The zero-order chi connectivity index (χ0) is 16.4. The van der Waals surface area contributed by atoms with Crippen LogP contribution in [-0.4, -0.2) is 27.1 Å². The zero-order valence-electron chi connectivity index (χ0n) is 13.1. The molecule has 3 aromatic rings. The Hall–Kier alpha value is -2.18. The molecule has 1 atom stereocenters. The van der Waals surface area contributed by atoms with E-state index in [1.54, 1.807) is 17.4 Å². The van der Waals surface area contributed by atoms with Gasteiger partial charge in [-0.25, -0.2) is 4.98 Å². The van der Waals surface area contributed by atoms with Crippen LogP contribution in [0.4, 0.5) is 5.69 Å². The fourth-order valence-electron chi connectivity index (χ4n) is 2.60. The summed E-state index contributed by atoms with van der Waals surface area (Å²) in [5.74, 6) is 0. The van der Waals surface area contributed by atoms with Gasteiger partial charge in [0.2, 0.25) is 0 Å². The van der Waals surface area contributed by atoms with Gasteiger partial charge in [-0.1, -0.05) is 18.2 Å². The van der Waals surface area contributed by atoms with Gasteiger partial charge in [0.15, 0.2) is 4.96 Å². The van der Waals surface area contributed by atoms with Gasteiger partial charge in [0.25, 0.3) is 5.56 Å². The number of rotatable bonds is 5. The van der Waals surface area contributed by atoms with E-state index in [1.165, 1.54) is 11.3 Å². The van der Waals surface area contributed by atoms with E-state index >= 15 is 0 Å². The number of hydrogen-bond donors (Lipinski definition) is 1. The number of aliphatic hydroxyl groups is 1.